The Bertz CT molecular complexity index is 137. The quantitative estimate of drug-likeness (QED) is 0.632. The number of alkyl halides is 3. The van der Waals surface area contributed by atoms with Gasteiger partial charge in [-0.25, -0.2) is 0 Å². The van der Waals surface area contributed by atoms with Crippen LogP contribution in [0, 0.1) is 5.92 Å². The maximum Gasteiger partial charge on any atom is 0.389 e. The highest BCUT2D eigenvalue weighted by molar-refractivity contribution is 4.58. The van der Waals surface area contributed by atoms with Crippen LogP contribution >= 0.6 is 0 Å². The van der Waals surface area contributed by atoms with Gasteiger partial charge in [-0.05, 0) is 38.4 Å². The lowest BCUT2D eigenvalue weighted by atomic mass is 10.2. The second-order valence-electron chi connectivity index (χ2n) is 3.62. The Morgan fingerprint density at radius 2 is 1.93 bits per heavy atom. The summed E-state index contributed by atoms with van der Waals surface area (Å²) >= 11 is 0. The minimum Gasteiger partial charge on any atom is -0.330 e. The van der Waals surface area contributed by atoms with Crippen LogP contribution in [0.4, 0.5) is 13.2 Å². The highest BCUT2D eigenvalue weighted by Gasteiger charge is 2.25. The fraction of sp³-hybridized carbons (Fsp3) is 1.00. The van der Waals surface area contributed by atoms with E-state index in [4.69, 9.17) is 5.73 Å². The molecule has 0 rings (SSSR count). The number of nitrogens with two attached hydrogens (primary N) is 1. The third kappa shape index (κ3) is 9.80. The molecule has 0 saturated heterocycles. The molecule has 0 saturated carbocycles. The zero-order chi connectivity index (χ0) is 11.0. The first-order valence-electron chi connectivity index (χ1n) is 4.93. The standard InChI is InChI=1S/C9H19F3N2/c1-8(6-13)7-14-5-3-2-4-9(10,11)12/h8,14H,2-7,13H2,1H3. The molecule has 0 spiro atoms. The summed E-state index contributed by atoms with van der Waals surface area (Å²) in [6.07, 6.45) is -3.92. The van der Waals surface area contributed by atoms with Gasteiger partial charge in [0.05, 0.1) is 0 Å². The molecule has 0 aliphatic heterocycles. The van der Waals surface area contributed by atoms with Crippen LogP contribution in [0.5, 0.6) is 0 Å². The molecule has 86 valence electrons. The van der Waals surface area contributed by atoms with E-state index in [0.29, 0.717) is 25.4 Å². The lowest BCUT2D eigenvalue weighted by molar-refractivity contribution is -0.135. The number of unbranched alkanes of at least 4 members (excludes halogenated alkanes) is 1. The van der Waals surface area contributed by atoms with E-state index in [2.05, 4.69) is 5.32 Å². The van der Waals surface area contributed by atoms with Crippen LogP contribution in [-0.4, -0.2) is 25.8 Å². The Morgan fingerprint density at radius 3 is 2.43 bits per heavy atom. The number of hydrogen-bond donors (Lipinski definition) is 2. The first-order chi connectivity index (χ1) is 6.45. The van der Waals surface area contributed by atoms with E-state index in [9.17, 15) is 13.2 Å². The monoisotopic (exact) mass is 212 g/mol. The van der Waals surface area contributed by atoms with Gasteiger partial charge in [-0.1, -0.05) is 6.92 Å². The largest absolute Gasteiger partial charge is 0.389 e. The lowest BCUT2D eigenvalue weighted by Gasteiger charge is -2.10. The highest BCUT2D eigenvalue weighted by atomic mass is 19.4. The maximum atomic E-state index is 11.7. The molecule has 0 heterocycles. The van der Waals surface area contributed by atoms with Crippen LogP contribution in [-0.2, 0) is 0 Å². The molecule has 0 aliphatic carbocycles. The van der Waals surface area contributed by atoms with Gasteiger partial charge >= 0.3 is 6.18 Å². The van der Waals surface area contributed by atoms with Crippen LogP contribution in [0.1, 0.15) is 26.2 Å². The predicted octanol–water partition coefficient (Wildman–Crippen LogP) is 1.90. The Hall–Kier alpha value is -0.290. The Labute approximate surface area is 83.0 Å². The van der Waals surface area contributed by atoms with Crippen LogP contribution in [0.2, 0.25) is 0 Å². The molecule has 0 bridgehead atoms. The summed E-state index contributed by atoms with van der Waals surface area (Å²) in [5.41, 5.74) is 5.38. The summed E-state index contributed by atoms with van der Waals surface area (Å²) in [6.45, 7) is 4.03. The van der Waals surface area contributed by atoms with Gasteiger partial charge in [0.25, 0.3) is 0 Å². The van der Waals surface area contributed by atoms with Gasteiger partial charge in [-0.15, -0.1) is 0 Å². The topological polar surface area (TPSA) is 38.0 Å². The van der Waals surface area contributed by atoms with Crippen LogP contribution in [0.25, 0.3) is 0 Å². The first-order valence-corrected chi connectivity index (χ1v) is 4.93. The van der Waals surface area contributed by atoms with Crippen molar-refractivity contribution >= 4 is 0 Å². The van der Waals surface area contributed by atoms with E-state index in [1.807, 2.05) is 6.92 Å². The Balaban J connectivity index is 3.14. The van der Waals surface area contributed by atoms with E-state index in [1.54, 1.807) is 0 Å². The minimum atomic E-state index is -4.01. The number of halogens is 3. The van der Waals surface area contributed by atoms with E-state index in [1.165, 1.54) is 0 Å². The predicted molar refractivity (Wildman–Crippen MR) is 51.0 cm³/mol. The fourth-order valence-electron chi connectivity index (χ4n) is 1.01. The molecule has 0 amide bonds. The molecule has 0 aromatic heterocycles. The van der Waals surface area contributed by atoms with E-state index in [0.717, 1.165) is 6.54 Å². The van der Waals surface area contributed by atoms with E-state index >= 15 is 0 Å². The molecule has 0 radical (unpaired) electrons. The molecule has 0 aromatic rings. The molecule has 5 heteroatoms. The van der Waals surface area contributed by atoms with Gasteiger partial charge in [-0.3, -0.25) is 0 Å². The van der Waals surface area contributed by atoms with Gasteiger partial charge in [0.2, 0.25) is 0 Å². The van der Waals surface area contributed by atoms with Crippen molar-refractivity contribution in [3.8, 4) is 0 Å². The van der Waals surface area contributed by atoms with Crippen LogP contribution in [0.3, 0.4) is 0 Å². The van der Waals surface area contributed by atoms with Gasteiger partial charge in [0, 0.05) is 6.42 Å². The number of hydrogen-bond acceptors (Lipinski definition) is 2. The normalized spacial score (nSPS) is 14.4. The van der Waals surface area contributed by atoms with Gasteiger partial charge < -0.3 is 11.1 Å². The summed E-state index contributed by atoms with van der Waals surface area (Å²) in [5, 5.41) is 3.07. The number of rotatable bonds is 7. The lowest BCUT2D eigenvalue weighted by Crippen LogP contribution is -2.27. The van der Waals surface area contributed by atoms with Crippen molar-refractivity contribution in [3.63, 3.8) is 0 Å². The molecular weight excluding hydrogens is 193 g/mol. The molecular formula is C9H19F3N2. The van der Waals surface area contributed by atoms with Gasteiger partial charge in [0.15, 0.2) is 0 Å². The van der Waals surface area contributed by atoms with Crippen molar-refractivity contribution in [2.24, 2.45) is 11.7 Å². The average molecular weight is 212 g/mol. The van der Waals surface area contributed by atoms with Crippen molar-refractivity contribution in [1.82, 2.24) is 5.32 Å². The molecule has 0 aliphatic rings. The average Bonchev–Trinajstić information content (AvgIpc) is 2.08. The fourth-order valence-corrected chi connectivity index (χ4v) is 1.01. The van der Waals surface area contributed by atoms with Crippen molar-refractivity contribution in [2.45, 2.75) is 32.4 Å². The smallest absolute Gasteiger partial charge is 0.330 e. The SMILES string of the molecule is CC(CN)CNCCCCC(F)(F)F. The van der Waals surface area contributed by atoms with Crippen molar-refractivity contribution in [3.05, 3.63) is 0 Å². The van der Waals surface area contributed by atoms with Crippen LogP contribution in [0.15, 0.2) is 0 Å². The van der Waals surface area contributed by atoms with E-state index < -0.39 is 12.6 Å². The highest BCUT2D eigenvalue weighted by Crippen LogP contribution is 2.21. The number of nitrogens with one attached hydrogen (secondary N) is 1. The van der Waals surface area contributed by atoms with Gasteiger partial charge in [-0.2, -0.15) is 13.2 Å². The molecule has 1 atom stereocenters. The zero-order valence-electron chi connectivity index (χ0n) is 8.53. The van der Waals surface area contributed by atoms with Crippen LogP contribution < -0.4 is 11.1 Å². The Kier molecular flexibility index (Phi) is 6.92. The minimum absolute atomic E-state index is 0.202. The van der Waals surface area contributed by atoms with Crippen molar-refractivity contribution in [1.29, 1.82) is 0 Å². The Morgan fingerprint density at radius 1 is 1.29 bits per heavy atom. The second-order valence-corrected chi connectivity index (χ2v) is 3.62. The summed E-state index contributed by atoms with van der Waals surface area (Å²) in [6, 6.07) is 0. The first kappa shape index (κ1) is 13.7. The molecule has 14 heavy (non-hydrogen) atoms. The summed E-state index contributed by atoms with van der Waals surface area (Å²) in [4.78, 5) is 0. The third-order valence-corrected chi connectivity index (χ3v) is 1.96. The molecule has 0 fully saturated rings. The summed E-state index contributed by atoms with van der Waals surface area (Å²) in [7, 11) is 0. The molecule has 1 unspecified atom stereocenters. The summed E-state index contributed by atoms with van der Waals surface area (Å²) < 4.78 is 35.1. The van der Waals surface area contributed by atoms with Crippen molar-refractivity contribution in [2.75, 3.05) is 19.6 Å². The molecule has 0 aromatic carbocycles. The molecule has 3 N–H and O–H groups in total. The molecule has 2 nitrogen and oxygen atoms in total. The third-order valence-electron chi connectivity index (χ3n) is 1.96. The van der Waals surface area contributed by atoms with Gasteiger partial charge in [0.1, 0.15) is 0 Å². The second kappa shape index (κ2) is 7.06. The summed E-state index contributed by atoms with van der Waals surface area (Å²) in [5.74, 6) is 0.387. The maximum absolute atomic E-state index is 11.7. The van der Waals surface area contributed by atoms with E-state index in [-0.39, 0.29) is 6.42 Å². The van der Waals surface area contributed by atoms with Crippen molar-refractivity contribution < 1.29 is 13.2 Å². The zero-order valence-corrected chi connectivity index (χ0v) is 8.53.